The van der Waals surface area contributed by atoms with Gasteiger partial charge in [0.2, 0.25) is 10.0 Å². The van der Waals surface area contributed by atoms with Crippen molar-refractivity contribution in [1.29, 1.82) is 0 Å². The molecular formula is C25H33N3O3S. The lowest BCUT2D eigenvalue weighted by atomic mass is 10.1. The number of hydrogen-bond acceptors (Lipinski definition) is 4. The van der Waals surface area contributed by atoms with Crippen molar-refractivity contribution in [2.75, 3.05) is 36.4 Å². The average molecular weight is 456 g/mol. The summed E-state index contributed by atoms with van der Waals surface area (Å²) >= 11 is 0. The Morgan fingerprint density at radius 3 is 2.06 bits per heavy atom. The lowest BCUT2D eigenvalue weighted by Gasteiger charge is -2.28. The van der Waals surface area contributed by atoms with E-state index in [1.807, 2.05) is 24.3 Å². The van der Waals surface area contributed by atoms with Crippen molar-refractivity contribution in [2.45, 2.75) is 56.8 Å². The van der Waals surface area contributed by atoms with Crippen LogP contribution in [-0.2, 0) is 10.0 Å². The molecule has 0 radical (unpaired) electrons. The Labute approximate surface area is 191 Å². The van der Waals surface area contributed by atoms with Crippen molar-refractivity contribution in [3.63, 3.8) is 0 Å². The maximum atomic E-state index is 13.3. The van der Waals surface area contributed by atoms with Crippen LogP contribution in [-0.4, -0.2) is 44.8 Å². The van der Waals surface area contributed by atoms with Gasteiger partial charge in [-0.3, -0.25) is 4.79 Å². The second-order valence-electron chi connectivity index (χ2n) is 8.85. The third-order valence-electron chi connectivity index (χ3n) is 6.48. The van der Waals surface area contributed by atoms with Gasteiger partial charge in [-0.05, 0) is 81.0 Å². The first-order chi connectivity index (χ1) is 15.4. The van der Waals surface area contributed by atoms with Gasteiger partial charge in [0.1, 0.15) is 0 Å². The van der Waals surface area contributed by atoms with Crippen molar-refractivity contribution >= 4 is 27.3 Å². The van der Waals surface area contributed by atoms with E-state index < -0.39 is 10.0 Å². The first-order valence-corrected chi connectivity index (χ1v) is 13.2. The molecule has 2 aliphatic rings. The summed E-state index contributed by atoms with van der Waals surface area (Å²) in [6.45, 7) is 5.02. The van der Waals surface area contributed by atoms with Crippen molar-refractivity contribution in [2.24, 2.45) is 0 Å². The van der Waals surface area contributed by atoms with Gasteiger partial charge in [-0.25, -0.2) is 8.42 Å². The molecule has 2 aromatic carbocycles. The van der Waals surface area contributed by atoms with Crippen LogP contribution in [0.25, 0.3) is 0 Å². The third kappa shape index (κ3) is 5.15. The van der Waals surface area contributed by atoms with E-state index in [0.29, 0.717) is 29.9 Å². The number of aryl methyl sites for hydroxylation is 1. The number of piperidine rings is 1. The zero-order valence-electron chi connectivity index (χ0n) is 18.8. The predicted molar refractivity (Wildman–Crippen MR) is 129 cm³/mol. The van der Waals surface area contributed by atoms with E-state index in [9.17, 15) is 13.2 Å². The van der Waals surface area contributed by atoms with Gasteiger partial charge in [-0.1, -0.05) is 18.9 Å². The number of hydrogen-bond donors (Lipinski definition) is 1. The van der Waals surface area contributed by atoms with Gasteiger partial charge in [0.25, 0.3) is 5.91 Å². The Morgan fingerprint density at radius 2 is 1.41 bits per heavy atom. The molecular weight excluding hydrogens is 422 g/mol. The summed E-state index contributed by atoms with van der Waals surface area (Å²) in [6, 6.07) is 12.8. The maximum Gasteiger partial charge on any atom is 0.255 e. The molecule has 0 unspecified atom stereocenters. The molecule has 0 atom stereocenters. The van der Waals surface area contributed by atoms with Crippen molar-refractivity contribution in [3.8, 4) is 0 Å². The number of nitrogens with zero attached hydrogens (tertiary/aromatic N) is 2. The molecule has 0 spiro atoms. The molecule has 172 valence electrons. The third-order valence-corrected chi connectivity index (χ3v) is 8.52. The molecule has 2 saturated heterocycles. The maximum absolute atomic E-state index is 13.3. The van der Waals surface area contributed by atoms with E-state index in [1.54, 1.807) is 23.4 Å². The topological polar surface area (TPSA) is 69.7 Å². The summed E-state index contributed by atoms with van der Waals surface area (Å²) in [5.41, 5.74) is 2.89. The highest BCUT2D eigenvalue weighted by atomic mass is 32.2. The number of carbonyl (C=O) groups is 1. The molecule has 1 N–H and O–H groups in total. The fourth-order valence-electron chi connectivity index (χ4n) is 4.55. The van der Waals surface area contributed by atoms with E-state index in [4.69, 9.17) is 0 Å². The quantitative estimate of drug-likeness (QED) is 0.703. The number of carbonyl (C=O) groups excluding carboxylic acids is 1. The molecule has 6 nitrogen and oxygen atoms in total. The summed E-state index contributed by atoms with van der Waals surface area (Å²) in [7, 11) is -3.62. The molecule has 2 aromatic rings. The smallest absolute Gasteiger partial charge is 0.255 e. The van der Waals surface area contributed by atoms with Gasteiger partial charge in [0.05, 0.1) is 4.90 Å². The van der Waals surface area contributed by atoms with Gasteiger partial charge in [0.15, 0.2) is 0 Å². The highest BCUT2D eigenvalue weighted by Gasteiger charge is 2.27. The van der Waals surface area contributed by atoms with Gasteiger partial charge in [-0.2, -0.15) is 4.31 Å². The van der Waals surface area contributed by atoms with Crippen molar-refractivity contribution in [3.05, 3.63) is 53.6 Å². The Bertz CT molecular complexity index is 1040. The molecule has 2 heterocycles. The molecule has 32 heavy (non-hydrogen) atoms. The molecule has 0 bridgehead atoms. The second kappa shape index (κ2) is 10.0. The number of sulfonamides is 1. The number of nitrogens with one attached hydrogen (secondary N) is 1. The van der Waals surface area contributed by atoms with Gasteiger partial charge in [0, 0.05) is 43.1 Å². The minimum atomic E-state index is -3.62. The molecule has 0 saturated carbocycles. The van der Waals surface area contributed by atoms with Crippen LogP contribution in [0.15, 0.2) is 47.4 Å². The molecule has 2 aliphatic heterocycles. The van der Waals surface area contributed by atoms with Crippen LogP contribution in [0.1, 0.15) is 60.9 Å². The molecule has 0 aliphatic carbocycles. The summed E-state index contributed by atoms with van der Waals surface area (Å²) in [6.07, 6.45) is 7.60. The van der Waals surface area contributed by atoms with E-state index in [-0.39, 0.29) is 10.8 Å². The fraction of sp³-hybridized carbons (Fsp3) is 0.480. The highest BCUT2D eigenvalue weighted by molar-refractivity contribution is 7.89. The fourth-order valence-corrected chi connectivity index (χ4v) is 6.32. The first kappa shape index (κ1) is 22.8. The minimum Gasteiger partial charge on any atom is -0.372 e. The summed E-state index contributed by atoms with van der Waals surface area (Å²) in [5, 5.41) is 2.91. The normalized spacial score (nSPS) is 18.2. The van der Waals surface area contributed by atoms with Crippen molar-refractivity contribution < 1.29 is 13.2 Å². The molecule has 1 amide bonds. The van der Waals surface area contributed by atoms with E-state index in [0.717, 1.165) is 38.8 Å². The summed E-state index contributed by atoms with van der Waals surface area (Å²) < 4.78 is 28.1. The van der Waals surface area contributed by atoms with E-state index >= 15 is 0 Å². The predicted octanol–water partition coefficient (Wildman–Crippen LogP) is 4.80. The molecule has 2 fully saturated rings. The Morgan fingerprint density at radius 1 is 0.812 bits per heavy atom. The van der Waals surface area contributed by atoms with E-state index in [1.165, 1.54) is 31.0 Å². The Hall–Kier alpha value is -2.38. The monoisotopic (exact) mass is 455 g/mol. The van der Waals surface area contributed by atoms with Crippen LogP contribution in [0.5, 0.6) is 0 Å². The summed E-state index contributed by atoms with van der Waals surface area (Å²) in [4.78, 5) is 15.5. The lowest BCUT2D eigenvalue weighted by Crippen LogP contribution is -2.32. The SMILES string of the molecule is Cc1ccc(C(=O)Nc2ccc(N3CCCCC3)cc2)cc1S(=O)(=O)N1CCCCCC1. The van der Waals surface area contributed by atoms with Crippen LogP contribution in [0.3, 0.4) is 0 Å². The van der Waals surface area contributed by atoms with Crippen LogP contribution >= 0.6 is 0 Å². The zero-order chi connectivity index (χ0) is 22.6. The molecule has 4 rings (SSSR count). The summed E-state index contributed by atoms with van der Waals surface area (Å²) in [5.74, 6) is -0.303. The van der Waals surface area contributed by atoms with Gasteiger partial charge >= 0.3 is 0 Å². The van der Waals surface area contributed by atoms with Crippen LogP contribution in [0.4, 0.5) is 11.4 Å². The first-order valence-electron chi connectivity index (χ1n) is 11.7. The van der Waals surface area contributed by atoms with Crippen LogP contribution < -0.4 is 10.2 Å². The average Bonchev–Trinajstić information content (AvgIpc) is 3.11. The lowest BCUT2D eigenvalue weighted by molar-refractivity contribution is 0.102. The van der Waals surface area contributed by atoms with Gasteiger partial charge < -0.3 is 10.2 Å². The second-order valence-corrected chi connectivity index (χ2v) is 10.8. The van der Waals surface area contributed by atoms with Crippen LogP contribution in [0, 0.1) is 6.92 Å². The van der Waals surface area contributed by atoms with Gasteiger partial charge in [-0.15, -0.1) is 0 Å². The molecule has 0 aromatic heterocycles. The van der Waals surface area contributed by atoms with Crippen molar-refractivity contribution in [1.82, 2.24) is 4.31 Å². The standard InChI is InChI=1S/C25H33N3O3S/c1-20-9-10-21(19-24(20)32(30,31)28-17-7-2-3-8-18-28)25(29)26-22-11-13-23(14-12-22)27-15-5-4-6-16-27/h9-14,19H,2-8,15-18H2,1H3,(H,26,29). The number of benzene rings is 2. The largest absolute Gasteiger partial charge is 0.372 e. The minimum absolute atomic E-state index is 0.229. The highest BCUT2D eigenvalue weighted by Crippen LogP contribution is 2.25. The van der Waals surface area contributed by atoms with Crippen LogP contribution in [0.2, 0.25) is 0 Å². The molecule has 7 heteroatoms. The number of anilines is 2. The number of amides is 1. The van der Waals surface area contributed by atoms with E-state index in [2.05, 4.69) is 10.2 Å². The zero-order valence-corrected chi connectivity index (χ0v) is 19.7. The number of rotatable bonds is 5. The Kier molecular flexibility index (Phi) is 7.16. The Balaban J connectivity index is 1.49.